The molecule has 2 aromatic rings. The highest BCUT2D eigenvalue weighted by molar-refractivity contribution is 5.84. The first-order valence-electron chi connectivity index (χ1n) is 10.1. The van der Waals surface area contributed by atoms with Crippen molar-refractivity contribution >= 4 is 11.9 Å². The third-order valence-electron chi connectivity index (χ3n) is 4.78. The van der Waals surface area contributed by atoms with E-state index in [0.29, 0.717) is 19.0 Å². The number of aliphatic imine (C=N–C) groups is 1. The maximum atomic E-state index is 12.4. The standard InChI is InChI=1S/C22H29N5O2/c1-3-23-22(25-15-19-14-17-8-4-5-10-20(17)29-19)26-16-21(28)27(2)13-11-18-9-6-7-12-24-18/h4-10,12,19H,3,11,13-16H2,1-2H3,(H2,23,25,26). The largest absolute Gasteiger partial charge is 0.488 e. The molecule has 3 rings (SSSR count). The van der Waals surface area contributed by atoms with Gasteiger partial charge in [0.15, 0.2) is 5.96 Å². The van der Waals surface area contributed by atoms with Crippen molar-refractivity contribution in [3.8, 4) is 5.75 Å². The zero-order valence-corrected chi connectivity index (χ0v) is 17.1. The number of carbonyl (C=O) groups excluding carboxylic acids is 1. The van der Waals surface area contributed by atoms with Crippen LogP contribution in [0.25, 0.3) is 0 Å². The van der Waals surface area contributed by atoms with Crippen LogP contribution in [0.1, 0.15) is 18.2 Å². The molecule has 0 saturated carbocycles. The number of fused-ring (bicyclic) bond motifs is 1. The predicted molar refractivity (Wildman–Crippen MR) is 114 cm³/mol. The molecule has 0 spiro atoms. The van der Waals surface area contributed by atoms with Gasteiger partial charge in [-0.25, -0.2) is 4.99 Å². The molecule has 1 aliphatic rings. The molecule has 1 aromatic carbocycles. The molecule has 1 unspecified atom stereocenters. The van der Waals surface area contributed by atoms with E-state index in [1.807, 2.05) is 43.3 Å². The molecule has 0 aliphatic carbocycles. The van der Waals surface area contributed by atoms with Crippen LogP contribution >= 0.6 is 0 Å². The number of pyridine rings is 1. The monoisotopic (exact) mass is 395 g/mol. The minimum Gasteiger partial charge on any atom is -0.488 e. The van der Waals surface area contributed by atoms with Crippen molar-refractivity contribution in [1.82, 2.24) is 20.5 Å². The highest BCUT2D eigenvalue weighted by atomic mass is 16.5. The summed E-state index contributed by atoms with van der Waals surface area (Å²) in [6.45, 7) is 4.06. The van der Waals surface area contributed by atoms with Gasteiger partial charge in [-0.15, -0.1) is 0 Å². The van der Waals surface area contributed by atoms with Gasteiger partial charge >= 0.3 is 0 Å². The third kappa shape index (κ3) is 6.20. The van der Waals surface area contributed by atoms with E-state index in [1.54, 1.807) is 18.1 Å². The van der Waals surface area contributed by atoms with Crippen molar-refractivity contribution in [2.45, 2.75) is 25.9 Å². The van der Waals surface area contributed by atoms with E-state index in [-0.39, 0.29) is 18.6 Å². The topological polar surface area (TPSA) is 78.9 Å². The Balaban J connectivity index is 1.45. The Labute approximate surface area is 172 Å². The summed E-state index contributed by atoms with van der Waals surface area (Å²) >= 11 is 0. The zero-order chi connectivity index (χ0) is 20.5. The number of rotatable bonds is 8. The number of likely N-dealkylation sites (N-methyl/N-ethyl adjacent to an activating group) is 1. The normalized spacial score (nSPS) is 15.4. The van der Waals surface area contributed by atoms with Gasteiger partial charge in [0.2, 0.25) is 5.91 Å². The van der Waals surface area contributed by atoms with Gasteiger partial charge in [-0.2, -0.15) is 0 Å². The van der Waals surface area contributed by atoms with Crippen LogP contribution in [-0.4, -0.2) is 61.1 Å². The Morgan fingerprint density at radius 2 is 2.07 bits per heavy atom. The van der Waals surface area contributed by atoms with Crippen molar-refractivity contribution in [2.75, 3.05) is 33.2 Å². The van der Waals surface area contributed by atoms with Crippen LogP contribution in [0.2, 0.25) is 0 Å². The lowest BCUT2D eigenvalue weighted by molar-refractivity contribution is -0.128. The maximum absolute atomic E-state index is 12.4. The van der Waals surface area contributed by atoms with Crippen LogP contribution in [0.15, 0.2) is 53.7 Å². The predicted octanol–water partition coefficient (Wildman–Crippen LogP) is 1.64. The molecule has 0 bridgehead atoms. The Bertz CT molecular complexity index is 800. The molecule has 1 aliphatic heterocycles. The van der Waals surface area contributed by atoms with Crippen molar-refractivity contribution in [3.05, 3.63) is 59.9 Å². The van der Waals surface area contributed by atoms with E-state index in [9.17, 15) is 4.79 Å². The molecule has 2 N–H and O–H groups in total. The van der Waals surface area contributed by atoms with Gasteiger partial charge in [-0.3, -0.25) is 9.78 Å². The summed E-state index contributed by atoms with van der Waals surface area (Å²) in [5.41, 5.74) is 2.20. The van der Waals surface area contributed by atoms with Crippen LogP contribution in [0.3, 0.4) is 0 Å². The molecule has 0 fully saturated rings. The van der Waals surface area contributed by atoms with Crippen LogP contribution in [0.4, 0.5) is 0 Å². The molecular formula is C22H29N5O2. The van der Waals surface area contributed by atoms with Gasteiger partial charge in [0.1, 0.15) is 18.4 Å². The van der Waals surface area contributed by atoms with E-state index in [0.717, 1.165) is 30.8 Å². The summed E-state index contributed by atoms with van der Waals surface area (Å²) in [6.07, 6.45) is 3.43. The van der Waals surface area contributed by atoms with Gasteiger partial charge in [-0.05, 0) is 30.7 Å². The third-order valence-corrected chi connectivity index (χ3v) is 4.78. The number of nitrogens with one attached hydrogen (secondary N) is 2. The van der Waals surface area contributed by atoms with Crippen molar-refractivity contribution in [2.24, 2.45) is 4.99 Å². The van der Waals surface area contributed by atoms with E-state index in [2.05, 4.69) is 26.7 Å². The minimum absolute atomic E-state index is 0.0253. The van der Waals surface area contributed by atoms with Crippen LogP contribution in [0, 0.1) is 0 Å². The smallest absolute Gasteiger partial charge is 0.244 e. The lowest BCUT2D eigenvalue weighted by atomic mass is 10.1. The SMILES string of the molecule is CCNC(=NCC(=O)N(C)CCc1ccccn1)NCC1Cc2ccccc2O1. The minimum atomic E-state index is -0.0253. The van der Waals surface area contributed by atoms with Gasteiger partial charge in [0, 0.05) is 44.9 Å². The number of benzene rings is 1. The van der Waals surface area contributed by atoms with Crippen molar-refractivity contribution in [1.29, 1.82) is 0 Å². The fourth-order valence-corrected chi connectivity index (χ4v) is 3.14. The molecule has 0 radical (unpaired) electrons. The average Bonchev–Trinajstić information content (AvgIpc) is 3.17. The molecule has 1 amide bonds. The van der Waals surface area contributed by atoms with E-state index in [1.165, 1.54) is 5.56 Å². The maximum Gasteiger partial charge on any atom is 0.244 e. The van der Waals surface area contributed by atoms with Crippen LogP contribution in [0.5, 0.6) is 5.75 Å². The number of nitrogens with zero attached hydrogens (tertiary/aromatic N) is 3. The Kier molecular flexibility index (Phi) is 7.44. The molecule has 7 nitrogen and oxygen atoms in total. The second-order valence-electron chi connectivity index (χ2n) is 7.01. The number of hydrogen-bond donors (Lipinski definition) is 2. The lowest BCUT2D eigenvalue weighted by Gasteiger charge is -2.17. The summed E-state index contributed by atoms with van der Waals surface area (Å²) in [4.78, 5) is 22.8. The number of para-hydroxylation sites is 1. The first-order chi connectivity index (χ1) is 14.2. The highest BCUT2D eigenvalue weighted by Crippen LogP contribution is 2.27. The summed E-state index contributed by atoms with van der Waals surface area (Å²) in [5.74, 6) is 1.55. The Hall–Kier alpha value is -3.09. The molecule has 29 heavy (non-hydrogen) atoms. The second kappa shape index (κ2) is 10.5. The van der Waals surface area contributed by atoms with Gasteiger partial charge < -0.3 is 20.3 Å². The Morgan fingerprint density at radius 3 is 2.83 bits per heavy atom. The van der Waals surface area contributed by atoms with Gasteiger partial charge in [0.05, 0.1) is 6.54 Å². The highest BCUT2D eigenvalue weighted by Gasteiger charge is 2.22. The zero-order valence-electron chi connectivity index (χ0n) is 17.1. The molecule has 7 heteroatoms. The molecular weight excluding hydrogens is 366 g/mol. The van der Waals surface area contributed by atoms with Crippen LogP contribution < -0.4 is 15.4 Å². The molecule has 0 saturated heterocycles. The lowest BCUT2D eigenvalue weighted by Crippen LogP contribution is -2.43. The fourth-order valence-electron chi connectivity index (χ4n) is 3.14. The number of carbonyl (C=O) groups is 1. The number of aromatic nitrogens is 1. The summed E-state index contributed by atoms with van der Waals surface area (Å²) in [6, 6.07) is 13.9. The summed E-state index contributed by atoms with van der Waals surface area (Å²) < 4.78 is 5.95. The van der Waals surface area contributed by atoms with Crippen molar-refractivity contribution < 1.29 is 9.53 Å². The Morgan fingerprint density at radius 1 is 1.24 bits per heavy atom. The van der Waals surface area contributed by atoms with Crippen molar-refractivity contribution in [3.63, 3.8) is 0 Å². The number of ether oxygens (including phenoxy) is 1. The first kappa shape index (κ1) is 20.6. The first-order valence-corrected chi connectivity index (χ1v) is 10.1. The van der Waals surface area contributed by atoms with E-state index < -0.39 is 0 Å². The fraction of sp³-hybridized carbons (Fsp3) is 0.409. The van der Waals surface area contributed by atoms with E-state index in [4.69, 9.17) is 4.74 Å². The van der Waals surface area contributed by atoms with E-state index >= 15 is 0 Å². The average molecular weight is 396 g/mol. The molecule has 2 heterocycles. The van der Waals surface area contributed by atoms with Crippen LogP contribution in [-0.2, 0) is 17.6 Å². The summed E-state index contributed by atoms with van der Waals surface area (Å²) in [7, 11) is 1.80. The second-order valence-corrected chi connectivity index (χ2v) is 7.01. The molecule has 1 aromatic heterocycles. The quantitative estimate of drug-likeness (QED) is 0.525. The number of guanidine groups is 1. The number of amides is 1. The molecule has 1 atom stereocenters. The summed E-state index contributed by atoms with van der Waals surface area (Å²) in [5, 5.41) is 6.47. The van der Waals surface area contributed by atoms with Gasteiger partial charge in [0.25, 0.3) is 0 Å². The number of hydrogen-bond acceptors (Lipinski definition) is 4. The molecule has 154 valence electrons. The van der Waals surface area contributed by atoms with Gasteiger partial charge in [-0.1, -0.05) is 24.3 Å².